The Balaban J connectivity index is 1.28. The third-order valence-corrected chi connectivity index (χ3v) is 12.3. The van der Waals surface area contributed by atoms with Crippen LogP contribution in [-0.2, 0) is 4.74 Å². The first-order chi connectivity index (χ1) is 16.7. The molecule has 5 aliphatic rings. The maximum Gasteiger partial charge on any atom is 0.409 e. The second kappa shape index (κ2) is 9.82. The van der Waals surface area contributed by atoms with Crippen LogP contribution in [0.15, 0.2) is 0 Å². The first-order valence-corrected chi connectivity index (χ1v) is 15.0. The van der Waals surface area contributed by atoms with Crippen LogP contribution in [-0.4, -0.2) is 53.1 Å². The van der Waals surface area contributed by atoms with Crippen LogP contribution in [0.1, 0.15) is 98.3 Å². The quantitative estimate of drug-likeness (QED) is 0.507. The highest BCUT2D eigenvalue weighted by atomic mass is 16.6. The summed E-state index contributed by atoms with van der Waals surface area (Å²) in [6, 6.07) is 0. The number of ether oxygens (including phenoxy) is 1. The Morgan fingerprint density at radius 2 is 1.69 bits per heavy atom. The number of carbonyl (C=O) groups excluding carboxylic acids is 1. The van der Waals surface area contributed by atoms with Gasteiger partial charge >= 0.3 is 6.09 Å². The molecule has 0 aromatic rings. The molecule has 11 atom stereocenters. The molecule has 2 N–H and O–H groups in total. The number of hydrogen-bond acceptors (Lipinski definition) is 4. The van der Waals surface area contributed by atoms with E-state index in [1.165, 1.54) is 25.7 Å². The highest BCUT2D eigenvalue weighted by Crippen LogP contribution is 2.69. The molecule has 4 unspecified atom stereocenters. The van der Waals surface area contributed by atoms with Gasteiger partial charge < -0.3 is 19.8 Å². The van der Waals surface area contributed by atoms with Crippen LogP contribution in [0.4, 0.5) is 4.79 Å². The van der Waals surface area contributed by atoms with Crippen molar-refractivity contribution in [3.05, 3.63) is 0 Å². The summed E-state index contributed by atoms with van der Waals surface area (Å²) in [4.78, 5) is 14.2. The SMILES string of the molecule is CC[C@@H]1C2C[C@H](O)CCC2(C)[C@H]2CCC3(C)[C@@H]([C@H](C)CCOC(=O)N4CCCC4)CC[C@H]3C2[C@@H]1O. The molecule has 0 aromatic heterocycles. The van der Waals surface area contributed by atoms with Crippen molar-refractivity contribution in [1.82, 2.24) is 4.90 Å². The first-order valence-electron chi connectivity index (χ1n) is 15.0. The summed E-state index contributed by atoms with van der Waals surface area (Å²) in [6.07, 6.45) is 11.5. The smallest absolute Gasteiger partial charge is 0.409 e. The number of rotatable bonds is 5. The van der Waals surface area contributed by atoms with Crippen LogP contribution in [0.5, 0.6) is 0 Å². The summed E-state index contributed by atoms with van der Waals surface area (Å²) in [5.41, 5.74) is 0.537. The van der Waals surface area contributed by atoms with Gasteiger partial charge in [-0.2, -0.15) is 0 Å². The lowest BCUT2D eigenvalue weighted by atomic mass is 9.41. The minimum atomic E-state index is -0.228. The number of carbonyl (C=O) groups is 1. The van der Waals surface area contributed by atoms with E-state index in [1.54, 1.807) is 0 Å². The summed E-state index contributed by atoms with van der Waals surface area (Å²) in [7, 11) is 0. The minimum Gasteiger partial charge on any atom is -0.449 e. The fourth-order valence-electron chi connectivity index (χ4n) is 10.5. The molecule has 1 aliphatic heterocycles. The molecule has 5 rings (SSSR count). The summed E-state index contributed by atoms with van der Waals surface area (Å²) in [6.45, 7) is 11.9. The van der Waals surface area contributed by atoms with Crippen LogP contribution >= 0.6 is 0 Å². The lowest BCUT2D eigenvalue weighted by molar-refractivity contribution is -0.203. The van der Waals surface area contributed by atoms with Crippen molar-refractivity contribution in [2.75, 3.05) is 19.7 Å². The van der Waals surface area contributed by atoms with Gasteiger partial charge in [-0.3, -0.25) is 0 Å². The van der Waals surface area contributed by atoms with E-state index >= 15 is 0 Å². The summed E-state index contributed by atoms with van der Waals surface area (Å²) in [5.74, 6) is 3.54. The van der Waals surface area contributed by atoms with Gasteiger partial charge in [-0.25, -0.2) is 4.79 Å². The Morgan fingerprint density at radius 3 is 2.40 bits per heavy atom. The summed E-state index contributed by atoms with van der Waals surface area (Å²) in [5, 5.41) is 22.3. The van der Waals surface area contributed by atoms with Gasteiger partial charge in [-0.15, -0.1) is 0 Å². The summed E-state index contributed by atoms with van der Waals surface area (Å²) < 4.78 is 5.66. The molecule has 1 saturated heterocycles. The Hall–Kier alpha value is -0.810. The molecule has 4 aliphatic carbocycles. The molecule has 0 radical (unpaired) electrons. The van der Waals surface area contributed by atoms with Gasteiger partial charge in [0.1, 0.15) is 0 Å². The van der Waals surface area contributed by atoms with Crippen molar-refractivity contribution in [1.29, 1.82) is 0 Å². The number of aliphatic hydroxyl groups excluding tert-OH is 2. The van der Waals surface area contributed by atoms with Crippen molar-refractivity contribution in [3.8, 4) is 0 Å². The van der Waals surface area contributed by atoms with E-state index in [1.807, 2.05) is 4.90 Å². The normalized spacial score (nSPS) is 48.1. The lowest BCUT2D eigenvalue weighted by Crippen LogP contribution is -2.62. The third-order valence-electron chi connectivity index (χ3n) is 12.3. The number of amides is 1. The first kappa shape index (κ1) is 25.8. The van der Waals surface area contributed by atoms with Gasteiger partial charge in [0.05, 0.1) is 18.8 Å². The maximum absolute atomic E-state index is 12.3. The van der Waals surface area contributed by atoms with Crippen molar-refractivity contribution in [2.45, 2.75) is 111 Å². The van der Waals surface area contributed by atoms with Gasteiger partial charge in [0.15, 0.2) is 0 Å². The van der Waals surface area contributed by atoms with E-state index in [0.717, 1.165) is 58.0 Å². The molecule has 1 amide bonds. The molecule has 0 bridgehead atoms. The molecule has 5 heteroatoms. The largest absolute Gasteiger partial charge is 0.449 e. The van der Waals surface area contributed by atoms with Crippen LogP contribution in [0.2, 0.25) is 0 Å². The van der Waals surface area contributed by atoms with Crippen molar-refractivity contribution in [2.24, 2.45) is 52.3 Å². The van der Waals surface area contributed by atoms with Gasteiger partial charge in [0.25, 0.3) is 0 Å². The number of nitrogens with zero attached hydrogens (tertiary/aromatic N) is 1. The third kappa shape index (κ3) is 4.25. The Bertz CT molecular complexity index is 767. The van der Waals surface area contributed by atoms with E-state index in [2.05, 4.69) is 27.7 Å². The number of aliphatic hydroxyl groups is 2. The Morgan fingerprint density at radius 1 is 1.00 bits per heavy atom. The molecular formula is C30H51NO4. The van der Waals surface area contributed by atoms with Crippen molar-refractivity contribution in [3.63, 3.8) is 0 Å². The minimum absolute atomic E-state index is 0.123. The maximum atomic E-state index is 12.3. The van der Waals surface area contributed by atoms with Gasteiger partial charge in [-0.05, 0) is 116 Å². The van der Waals surface area contributed by atoms with Crippen LogP contribution in [0.3, 0.4) is 0 Å². The van der Waals surface area contributed by atoms with Gasteiger partial charge in [-0.1, -0.05) is 34.1 Å². The standard InChI is InChI=1S/C30H51NO4/c1-5-21-25-18-20(32)10-13-30(25,4)24-11-14-29(3)22(8-9-23(29)26(24)27(21)33)19(2)12-17-35-28(34)31-15-6-7-16-31/h19-27,32-33H,5-18H2,1-4H3/t19-,20-,21-,22-,23+,24+,25?,26?,27-,29?,30?/m1/s1. The van der Waals surface area contributed by atoms with E-state index < -0.39 is 0 Å². The highest BCUT2D eigenvalue weighted by Gasteiger charge is 2.64. The second-order valence-corrected chi connectivity index (χ2v) is 13.7. The van der Waals surface area contributed by atoms with Gasteiger partial charge in [0, 0.05) is 13.1 Å². The van der Waals surface area contributed by atoms with Crippen LogP contribution < -0.4 is 0 Å². The fourth-order valence-corrected chi connectivity index (χ4v) is 10.5. The monoisotopic (exact) mass is 489 g/mol. The number of fused-ring (bicyclic) bond motifs is 5. The van der Waals surface area contributed by atoms with E-state index in [-0.39, 0.29) is 29.1 Å². The molecule has 1 heterocycles. The molecule has 5 nitrogen and oxygen atoms in total. The molecule has 35 heavy (non-hydrogen) atoms. The van der Waals surface area contributed by atoms with Crippen LogP contribution in [0, 0.1) is 52.3 Å². The highest BCUT2D eigenvalue weighted by molar-refractivity contribution is 5.67. The van der Waals surface area contributed by atoms with Gasteiger partial charge in [0.2, 0.25) is 0 Å². The molecule has 4 saturated carbocycles. The fraction of sp³-hybridized carbons (Fsp3) is 0.967. The molecule has 0 aromatic carbocycles. The van der Waals surface area contributed by atoms with E-state index in [4.69, 9.17) is 4.74 Å². The Kier molecular flexibility index (Phi) is 7.24. The molecule has 0 spiro atoms. The molecular weight excluding hydrogens is 438 g/mol. The van der Waals surface area contributed by atoms with Crippen molar-refractivity contribution >= 4 is 6.09 Å². The van der Waals surface area contributed by atoms with Crippen molar-refractivity contribution < 1.29 is 19.7 Å². The lowest BCUT2D eigenvalue weighted by Gasteiger charge is -2.64. The molecule has 200 valence electrons. The van der Waals surface area contributed by atoms with E-state index in [0.29, 0.717) is 48.0 Å². The van der Waals surface area contributed by atoms with Crippen LogP contribution in [0.25, 0.3) is 0 Å². The average molecular weight is 490 g/mol. The average Bonchev–Trinajstić information content (AvgIpc) is 3.48. The number of hydrogen-bond donors (Lipinski definition) is 2. The molecule has 5 fully saturated rings. The van der Waals surface area contributed by atoms with E-state index in [9.17, 15) is 15.0 Å². The zero-order valence-electron chi connectivity index (χ0n) is 22.8. The predicted molar refractivity (Wildman–Crippen MR) is 138 cm³/mol. The summed E-state index contributed by atoms with van der Waals surface area (Å²) >= 11 is 0. The topological polar surface area (TPSA) is 70.0 Å². The Labute approximate surface area is 213 Å². The zero-order valence-corrected chi connectivity index (χ0v) is 22.8. The second-order valence-electron chi connectivity index (χ2n) is 13.7. The predicted octanol–water partition coefficient (Wildman–Crippen LogP) is 5.87. The number of likely N-dealkylation sites (tertiary alicyclic amines) is 1. The zero-order chi connectivity index (χ0) is 25.0.